The maximum atomic E-state index is 13.5. The van der Waals surface area contributed by atoms with Gasteiger partial charge in [0.05, 0.1) is 10.5 Å². The van der Waals surface area contributed by atoms with E-state index < -0.39 is 15.9 Å². The molecule has 168 valence electrons. The SMILES string of the molecule is O=C(NCc1ccc(S(=O)(=O)N2CC3CC(F)(F)CC3C2)cc1)c1ccc2nccn2c1. The summed E-state index contributed by atoms with van der Waals surface area (Å²) in [6.45, 7) is 0.521. The Hall–Kier alpha value is -2.85. The molecule has 5 rings (SSSR count). The first kappa shape index (κ1) is 21.0. The van der Waals surface area contributed by atoms with Gasteiger partial charge in [-0.15, -0.1) is 0 Å². The van der Waals surface area contributed by atoms with Crippen LogP contribution in [0.15, 0.2) is 59.9 Å². The predicted octanol–water partition coefficient (Wildman–Crippen LogP) is 2.93. The first-order valence-electron chi connectivity index (χ1n) is 10.4. The number of carbonyl (C=O) groups is 1. The van der Waals surface area contributed by atoms with Crippen LogP contribution < -0.4 is 5.32 Å². The summed E-state index contributed by atoms with van der Waals surface area (Å²) in [7, 11) is -3.73. The number of fused-ring (bicyclic) bond motifs is 2. The molecule has 2 fully saturated rings. The average molecular weight is 461 g/mol. The highest BCUT2D eigenvalue weighted by Crippen LogP contribution is 2.47. The molecule has 7 nitrogen and oxygen atoms in total. The van der Waals surface area contributed by atoms with Gasteiger partial charge in [-0.3, -0.25) is 4.79 Å². The average Bonchev–Trinajstić information content (AvgIpc) is 3.44. The highest BCUT2D eigenvalue weighted by Gasteiger charge is 2.52. The molecule has 1 aromatic carbocycles. The highest BCUT2D eigenvalue weighted by atomic mass is 32.2. The summed E-state index contributed by atoms with van der Waals surface area (Å²) < 4.78 is 56.0. The molecule has 1 N–H and O–H groups in total. The Balaban J connectivity index is 1.22. The van der Waals surface area contributed by atoms with Gasteiger partial charge in [0.15, 0.2) is 0 Å². The van der Waals surface area contributed by atoms with Crippen LogP contribution in [0.1, 0.15) is 28.8 Å². The number of hydrogen-bond donors (Lipinski definition) is 1. The van der Waals surface area contributed by atoms with E-state index in [0.29, 0.717) is 5.56 Å². The van der Waals surface area contributed by atoms with Crippen molar-refractivity contribution in [3.05, 3.63) is 66.1 Å². The fourth-order valence-corrected chi connectivity index (χ4v) is 6.23. The van der Waals surface area contributed by atoms with Crippen molar-refractivity contribution in [1.29, 1.82) is 0 Å². The number of alkyl halides is 2. The Morgan fingerprint density at radius 1 is 1.09 bits per heavy atom. The second-order valence-electron chi connectivity index (χ2n) is 8.54. The minimum atomic E-state index is -3.73. The van der Waals surface area contributed by atoms with E-state index in [2.05, 4.69) is 10.3 Å². The van der Waals surface area contributed by atoms with Gasteiger partial charge in [0.25, 0.3) is 5.91 Å². The van der Waals surface area contributed by atoms with Crippen LogP contribution in [-0.2, 0) is 16.6 Å². The fraction of sp³-hybridized carbons (Fsp3) is 0.364. The van der Waals surface area contributed by atoms with Crippen LogP contribution in [0.4, 0.5) is 8.78 Å². The van der Waals surface area contributed by atoms with E-state index in [-0.39, 0.29) is 55.1 Å². The number of nitrogens with zero attached hydrogens (tertiary/aromatic N) is 3. The number of pyridine rings is 1. The van der Waals surface area contributed by atoms with Crippen molar-refractivity contribution >= 4 is 21.6 Å². The second-order valence-corrected chi connectivity index (χ2v) is 10.5. The lowest BCUT2D eigenvalue weighted by Gasteiger charge is -2.19. The molecule has 1 aliphatic heterocycles. The minimum absolute atomic E-state index is 0.130. The molecule has 1 saturated heterocycles. The van der Waals surface area contributed by atoms with Gasteiger partial charge in [0, 0.05) is 51.1 Å². The smallest absolute Gasteiger partial charge is 0.253 e. The van der Waals surface area contributed by atoms with Crippen molar-refractivity contribution in [2.75, 3.05) is 13.1 Å². The van der Waals surface area contributed by atoms with Crippen molar-refractivity contribution in [2.24, 2.45) is 11.8 Å². The maximum absolute atomic E-state index is 13.5. The molecule has 3 aromatic rings. The maximum Gasteiger partial charge on any atom is 0.253 e. The lowest BCUT2D eigenvalue weighted by atomic mass is 10.0. The molecule has 2 unspecified atom stereocenters. The number of sulfonamides is 1. The predicted molar refractivity (Wildman–Crippen MR) is 113 cm³/mol. The van der Waals surface area contributed by atoms with Crippen LogP contribution in [0, 0.1) is 11.8 Å². The number of halogens is 2. The van der Waals surface area contributed by atoms with E-state index in [1.54, 1.807) is 47.3 Å². The molecular formula is C22H22F2N4O3S. The molecule has 0 bridgehead atoms. The Bertz CT molecular complexity index is 1260. The van der Waals surface area contributed by atoms with Gasteiger partial charge in [-0.2, -0.15) is 4.31 Å². The summed E-state index contributed by atoms with van der Waals surface area (Å²) >= 11 is 0. The molecule has 2 aliphatic rings. The monoisotopic (exact) mass is 460 g/mol. The zero-order valence-corrected chi connectivity index (χ0v) is 17.9. The Labute approximate surface area is 184 Å². The number of rotatable bonds is 5. The lowest BCUT2D eigenvalue weighted by molar-refractivity contribution is -0.000624. The van der Waals surface area contributed by atoms with Crippen LogP contribution in [0.3, 0.4) is 0 Å². The van der Waals surface area contributed by atoms with Gasteiger partial charge in [0.1, 0.15) is 5.65 Å². The zero-order valence-electron chi connectivity index (χ0n) is 17.1. The van der Waals surface area contributed by atoms with E-state index >= 15 is 0 Å². The van der Waals surface area contributed by atoms with Crippen molar-refractivity contribution < 1.29 is 22.0 Å². The van der Waals surface area contributed by atoms with E-state index in [9.17, 15) is 22.0 Å². The zero-order chi connectivity index (χ0) is 22.5. The topological polar surface area (TPSA) is 83.8 Å². The molecule has 10 heteroatoms. The molecular weight excluding hydrogens is 438 g/mol. The normalized spacial score (nSPS) is 22.8. The van der Waals surface area contributed by atoms with E-state index in [0.717, 1.165) is 11.2 Å². The van der Waals surface area contributed by atoms with Crippen LogP contribution in [-0.4, -0.2) is 47.0 Å². The van der Waals surface area contributed by atoms with Crippen molar-refractivity contribution in [3.8, 4) is 0 Å². The lowest BCUT2D eigenvalue weighted by Crippen LogP contribution is -2.31. The third kappa shape index (κ3) is 3.88. The van der Waals surface area contributed by atoms with E-state index in [1.165, 1.54) is 16.4 Å². The number of amides is 1. The van der Waals surface area contributed by atoms with Crippen molar-refractivity contribution in [1.82, 2.24) is 19.0 Å². The summed E-state index contributed by atoms with van der Waals surface area (Å²) in [4.78, 5) is 16.7. The van der Waals surface area contributed by atoms with E-state index in [1.807, 2.05) is 0 Å². The number of carbonyl (C=O) groups excluding carboxylic acids is 1. The number of hydrogen-bond acceptors (Lipinski definition) is 4. The molecule has 0 radical (unpaired) electrons. The summed E-state index contributed by atoms with van der Waals surface area (Å²) in [6.07, 6.45) is 4.61. The number of benzene rings is 1. The molecule has 2 aromatic heterocycles. The summed E-state index contributed by atoms with van der Waals surface area (Å²) in [5.41, 5.74) is 1.98. The third-order valence-electron chi connectivity index (χ3n) is 6.33. The molecule has 2 atom stereocenters. The van der Waals surface area contributed by atoms with Gasteiger partial charge >= 0.3 is 0 Å². The minimum Gasteiger partial charge on any atom is -0.348 e. The first-order valence-corrected chi connectivity index (χ1v) is 11.8. The standard InChI is InChI=1S/C22H22F2N4O3S/c23-22(24)9-17-13-28(14-18(17)10-22)32(30,31)19-4-1-15(2-5-19)11-26-21(29)16-3-6-20-25-7-8-27(20)12-16/h1-8,12,17-18H,9-11,13-14H2,(H,26,29). The fourth-order valence-electron chi connectivity index (χ4n) is 4.67. The Morgan fingerprint density at radius 3 is 2.47 bits per heavy atom. The number of nitrogens with one attached hydrogen (secondary N) is 1. The molecule has 3 heterocycles. The van der Waals surface area contributed by atoms with Crippen LogP contribution >= 0.6 is 0 Å². The summed E-state index contributed by atoms with van der Waals surface area (Å²) in [6, 6.07) is 9.74. The summed E-state index contributed by atoms with van der Waals surface area (Å²) in [5.74, 6) is -3.49. The second kappa shape index (κ2) is 7.63. The largest absolute Gasteiger partial charge is 0.348 e. The van der Waals surface area contributed by atoms with Crippen LogP contribution in [0.25, 0.3) is 5.65 Å². The van der Waals surface area contributed by atoms with E-state index in [4.69, 9.17) is 0 Å². The molecule has 0 spiro atoms. The van der Waals surface area contributed by atoms with Gasteiger partial charge in [-0.1, -0.05) is 12.1 Å². The van der Waals surface area contributed by atoms with Crippen LogP contribution in [0.5, 0.6) is 0 Å². The van der Waals surface area contributed by atoms with Gasteiger partial charge in [0.2, 0.25) is 15.9 Å². The number of aromatic nitrogens is 2. The first-order chi connectivity index (χ1) is 15.2. The third-order valence-corrected chi connectivity index (χ3v) is 8.18. The quantitative estimate of drug-likeness (QED) is 0.635. The Kier molecular flexibility index (Phi) is 5.01. The summed E-state index contributed by atoms with van der Waals surface area (Å²) in [5, 5.41) is 2.82. The Morgan fingerprint density at radius 2 is 1.78 bits per heavy atom. The van der Waals surface area contributed by atoms with Crippen molar-refractivity contribution in [3.63, 3.8) is 0 Å². The van der Waals surface area contributed by atoms with Crippen LogP contribution in [0.2, 0.25) is 0 Å². The number of imidazole rings is 1. The van der Waals surface area contributed by atoms with Gasteiger partial charge in [-0.25, -0.2) is 22.2 Å². The molecule has 1 amide bonds. The van der Waals surface area contributed by atoms with Crippen molar-refractivity contribution in [2.45, 2.75) is 30.2 Å². The van der Waals surface area contributed by atoms with Gasteiger partial charge in [-0.05, 0) is 41.7 Å². The van der Waals surface area contributed by atoms with Gasteiger partial charge < -0.3 is 9.72 Å². The molecule has 1 saturated carbocycles. The molecule has 32 heavy (non-hydrogen) atoms. The molecule has 1 aliphatic carbocycles. The highest BCUT2D eigenvalue weighted by molar-refractivity contribution is 7.89.